The van der Waals surface area contributed by atoms with Crippen LogP contribution in [0, 0.1) is 0 Å². The van der Waals surface area contributed by atoms with Gasteiger partial charge in [0.1, 0.15) is 0 Å². The first-order chi connectivity index (χ1) is 8.75. The summed E-state index contributed by atoms with van der Waals surface area (Å²) >= 11 is 0. The molecule has 1 aromatic carbocycles. The Morgan fingerprint density at radius 1 is 1.33 bits per heavy atom. The van der Waals surface area contributed by atoms with Crippen molar-refractivity contribution in [3.05, 3.63) is 30.5 Å². The fourth-order valence-corrected chi connectivity index (χ4v) is 2.79. The van der Waals surface area contributed by atoms with E-state index in [1.807, 2.05) is 24.4 Å². The largest absolute Gasteiger partial charge is 0.367 e. The number of hydrogen-bond acceptors (Lipinski definition) is 4. The molecular weight excluding hydrogens is 224 g/mol. The van der Waals surface area contributed by atoms with E-state index in [-0.39, 0.29) is 0 Å². The maximum absolute atomic E-state index is 6.02. The van der Waals surface area contributed by atoms with E-state index in [1.54, 1.807) is 0 Å². The van der Waals surface area contributed by atoms with Gasteiger partial charge in [-0.25, -0.2) is 0 Å². The van der Waals surface area contributed by atoms with Gasteiger partial charge in [0.05, 0.1) is 17.4 Å². The zero-order valence-corrected chi connectivity index (χ0v) is 10.6. The Morgan fingerprint density at radius 3 is 3.00 bits per heavy atom. The number of anilines is 1. The molecule has 4 nitrogen and oxygen atoms in total. The van der Waals surface area contributed by atoms with E-state index in [4.69, 9.17) is 5.73 Å². The van der Waals surface area contributed by atoms with Gasteiger partial charge in [0, 0.05) is 24.0 Å². The van der Waals surface area contributed by atoms with E-state index in [0.29, 0.717) is 12.1 Å². The van der Waals surface area contributed by atoms with Crippen LogP contribution in [0.2, 0.25) is 0 Å². The van der Waals surface area contributed by atoms with Crippen molar-refractivity contribution < 1.29 is 0 Å². The van der Waals surface area contributed by atoms with Gasteiger partial charge in [-0.15, -0.1) is 0 Å². The molecular formula is C14H18N4. The second-order valence-electron chi connectivity index (χ2n) is 5.07. The molecule has 1 aliphatic rings. The molecule has 94 valence electrons. The summed E-state index contributed by atoms with van der Waals surface area (Å²) in [6.45, 7) is 3.23. The van der Waals surface area contributed by atoms with Crippen LogP contribution in [0.1, 0.15) is 19.8 Å². The molecule has 2 N–H and O–H groups in total. The van der Waals surface area contributed by atoms with Crippen molar-refractivity contribution >= 4 is 16.6 Å². The molecule has 1 saturated heterocycles. The summed E-state index contributed by atoms with van der Waals surface area (Å²) in [6.07, 6.45) is 3.95. The van der Waals surface area contributed by atoms with Crippen LogP contribution in [-0.4, -0.2) is 28.8 Å². The molecule has 2 heterocycles. The average Bonchev–Trinajstić information content (AvgIpc) is 2.38. The molecule has 3 rings (SSSR count). The highest BCUT2D eigenvalue weighted by Gasteiger charge is 2.24. The third-order valence-corrected chi connectivity index (χ3v) is 3.75. The van der Waals surface area contributed by atoms with Crippen LogP contribution in [0.3, 0.4) is 0 Å². The third kappa shape index (κ3) is 1.93. The second-order valence-corrected chi connectivity index (χ2v) is 5.07. The lowest BCUT2D eigenvalue weighted by molar-refractivity contribution is 0.430. The molecule has 4 heteroatoms. The lowest BCUT2D eigenvalue weighted by Gasteiger charge is -2.38. The highest BCUT2D eigenvalue weighted by molar-refractivity contribution is 5.90. The molecule has 0 saturated carbocycles. The van der Waals surface area contributed by atoms with Crippen molar-refractivity contribution in [3.8, 4) is 0 Å². The minimum Gasteiger partial charge on any atom is -0.367 e. The zero-order valence-electron chi connectivity index (χ0n) is 10.6. The molecule has 18 heavy (non-hydrogen) atoms. The predicted molar refractivity (Wildman–Crippen MR) is 73.6 cm³/mol. The Kier molecular flexibility index (Phi) is 2.88. The van der Waals surface area contributed by atoms with Crippen LogP contribution in [0.25, 0.3) is 10.9 Å². The summed E-state index contributed by atoms with van der Waals surface area (Å²) in [5.74, 6) is 0. The van der Waals surface area contributed by atoms with Crippen LogP contribution < -0.4 is 10.6 Å². The summed E-state index contributed by atoms with van der Waals surface area (Å²) in [4.78, 5) is 2.40. The van der Waals surface area contributed by atoms with Crippen molar-refractivity contribution in [2.45, 2.75) is 31.8 Å². The van der Waals surface area contributed by atoms with Crippen LogP contribution >= 0.6 is 0 Å². The number of fused-ring (bicyclic) bond motifs is 1. The molecule has 0 spiro atoms. The first-order valence-corrected chi connectivity index (χ1v) is 6.48. The maximum Gasteiger partial charge on any atom is 0.0950 e. The minimum atomic E-state index is 0.331. The first-order valence-electron chi connectivity index (χ1n) is 6.48. The van der Waals surface area contributed by atoms with E-state index in [9.17, 15) is 0 Å². The van der Waals surface area contributed by atoms with Gasteiger partial charge in [-0.1, -0.05) is 18.2 Å². The summed E-state index contributed by atoms with van der Waals surface area (Å²) in [5.41, 5.74) is 8.16. The Hall–Kier alpha value is -1.68. The molecule has 2 atom stereocenters. The fourth-order valence-electron chi connectivity index (χ4n) is 2.79. The number of benzene rings is 1. The van der Waals surface area contributed by atoms with Gasteiger partial charge < -0.3 is 10.6 Å². The summed E-state index contributed by atoms with van der Waals surface area (Å²) < 4.78 is 0. The van der Waals surface area contributed by atoms with E-state index in [2.05, 4.69) is 28.1 Å². The Bertz CT molecular complexity index is 549. The molecule has 2 aromatic rings. The van der Waals surface area contributed by atoms with Gasteiger partial charge >= 0.3 is 0 Å². The lowest BCUT2D eigenvalue weighted by Crippen LogP contribution is -2.45. The number of hydrogen-bond donors (Lipinski definition) is 1. The SMILES string of the molecule is CC1CC(N)CCN1c1cnnc2ccccc12. The van der Waals surface area contributed by atoms with Crippen molar-refractivity contribution in [1.29, 1.82) is 0 Å². The Labute approximate surface area is 107 Å². The fraction of sp³-hybridized carbons (Fsp3) is 0.429. The van der Waals surface area contributed by atoms with Crippen LogP contribution in [0.5, 0.6) is 0 Å². The zero-order chi connectivity index (χ0) is 12.5. The number of aromatic nitrogens is 2. The van der Waals surface area contributed by atoms with Crippen molar-refractivity contribution in [2.75, 3.05) is 11.4 Å². The maximum atomic E-state index is 6.02. The summed E-state index contributed by atoms with van der Waals surface area (Å²) in [6, 6.07) is 8.95. The van der Waals surface area contributed by atoms with Crippen LogP contribution in [0.4, 0.5) is 5.69 Å². The molecule has 2 unspecified atom stereocenters. The predicted octanol–water partition coefficient (Wildman–Crippen LogP) is 1.95. The standard InChI is InChI=1S/C14H18N4/c1-10-8-11(15)6-7-18(10)14-9-16-17-13-5-3-2-4-12(13)14/h2-5,9-11H,6-8,15H2,1H3. The quantitative estimate of drug-likeness (QED) is 0.830. The molecule has 1 fully saturated rings. The number of rotatable bonds is 1. The number of piperidine rings is 1. The molecule has 0 bridgehead atoms. The van der Waals surface area contributed by atoms with E-state index < -0.39 is 0 Å². The van der Waals surface area contributed by atoms with Crippen LogP contribution in [0.15, 0.2) is 30.5 Å². The molecule has 0 aliphatic carbocycles. The van der Waals surface area contributed by atoms with Crippen molar-refractivity contribution in [3.63, 3.8) is 0 Å². The molecule has 1 aromatic heterocycles. The Morgan fingerprint density at radius 2 is 2.17 bits per heavy atom. The Balaban J connectivity index is 2.04. The van der Waals surface area contributed by atoms with Gasteiger partial charge in [0.25, 0.3) is 0 Å². The topological polar surface area (TPSA) is 55.0 Å². The summed E-state index contributed by atoms with van der Waals surface area (Å²) in [7, 11) is 0. The van der Waals surface area contributed by atoms with Crippen molar-refractivity contribution in [1.82, 2.24) is 10.2 Å². The van der Waals surface area contributed by atoms with Gasteiger partial charge in [-0.3, -0.25) is 0 Å². The van der Waals surface area contributed by atoms with E-state index in [1.165, 1.54) is 11.1 Å². The van der Waals surface area contributed by atoms with Gasteiger partial charge in [0.2, 0.25) is 0 Å². The van der Waals surface area contributed by atoms with Gasteiger partial charge in [-0.2, -0.15) is 10.2 Å². The van der Waals surface area contributed by atoms with Gasteiger partial charge in [-0.05, 0) is 25.8 Å². The van der Waals surface area contributed by atoms with E-state index in [0.717, 1.165) is 24.9 Å². The van der Waals surface area contributed by atoms with E-state index >= 15 is 0 Å². The van der Waals surface area contributed by atoms with Crippen molar-refractivity contribution in [2.24, 2.45) is 5.73 Å². The van der Waals surface area contributed by atoms with Crippen LogP contribution in [-0.2, 0) is 0 Å². The first kappa shape index (κ1) is 11.4. The molecule has 1 aliphatic heterocycles. The molecule has 0 radical (unpaired) electrons. The van der Waals surface area contributed by atoms with Gasteiger partial charge in [0.15, 0.2) is 0 Å². The second kappa shape index (κ2) is 4.53. The minimum absolute atomic E-state index is 0.331. The lowest BCUT2D eigenvalue weighted by atomic mass is 9.98. The highest BCUT2D eigenvalue weighted by atomic mass is 15.2. The average molecular weight is 242 g/mol. The number of nitrogens with zero attached hydrogens (tertiary/aromatic N) is 3. The highest BCUT2D eigenvalue weighted by Crippen LogP contribution is 2.29. The number of nitrogens with two attached hydrogens (primary N) is 1. The normalized spacial score (nSPS) is 24.4. The summed E-state index contributed by atoms with van der Waals surface area (Å²) in [5, 5.41) is 9.47. The molecule has 0 amide bonds. The third-order valence-electron chi connectivity index (χ3n) is 3.75. The monoisotopic (exact) mass is 242 g/mol. The smallest absolute Gasteiger partial charge is 0.0950 e.